The van der Waals surface area contributed by atoms with Crippen LogP contribution >= 0.6 is 0 Å². The fraction of sp³-hybridized carbons (Fsp3) is 0.474. The first-order chi connectivity index (χ1) is 10.3. The van der Waals surface area contributed by atoms with Crippen LogP contribution < -0.4 is 4.74 Å². The Morgan fingerprint density at radius 2 is 1.90 bits per heavy atom. The Morgan fingerprint density at radius 1 is 1.10 bits per heavy atom. The van der Waals surface area contributed by atoms with Crippen molar-refractivity contribution in [3.8, 4) is 5.75 Å². The van der Waals surface area contributed by atoms with E-state index in [-0.39, 0.29) is 12.5 Å². The Kier molecular flexibility index (Phi) is 6.06. The number of benzene rings is 2. The second-order valence-electron chi connectivity index (χ2n) is 5.59. The van der Waals surface area contributed by atoms with E-state index in [0.29, 0.717) is 0 Å². The zero-order valence-corrected chi connectivity index (χ0v) is 13.1. The van der Waals surface area contributed by atoms with Crippen LogP contribution in [-0.2, 0) is 5.11 Å². The first-order valence-corrected chi connectivity index (χ1v) is 8.03. The molecule has 0 heterocycles. The molecule has 0 spiro atoms. The van der Waals surface area contributed by atoms with Gasteiger partial charge in [0.2, 0.25) is 0 Å². The first kappa shape index (κ1) is 15.8. The van der Waals surface area contributed by atoms with E-state index < -0.39 is 0 Å². The van der Waals surface area contributed by atoms with Crippen LogP contribution in [0.2, 0.25) is 0 Å². The fourth-order valence-electron chi connectivity index (χ4n) is 2.74. The van der Waals surface area contributed by atoms with Crippen LogP contribution in [0.25, 0.3) is 10.8 Å². The quantitative estimate of drug-likeness (QED) is 0.602. The number of ether oxygens (including phenoxy) is 1. The average molecular weight is 285 g/mol. The highest BCUT2D eigenvalue weighted by Gasteiger charge is 2.15. The smallest absolute Gasteiger partial charge is 0.120 e. The summed E-state index contributed by atoms with van der Waals surface area (Å²) < 4.78 is 5.87. The van der Waals surface area contributed by atoms with Crippen molar-refractivity contribution in [2.75, 3.05) is 13.2 Å². The molecule has 1 unspecified atom stereocenters. The molecule has 0 aliphatic heterocycles. The lowest BCUT2D eigenvalue weighted by atomic mass is 9.90. The number of hydrogen-bond acceptors (Lipinski definition) is 1. The lowest BCUT2D eigenvalue weighted by molar-refractivity contribution is 0.168. The van der Waals surface area contributed by atoms with E-state index >= 15 is 0 Å². The predicted octanol–water partition coefficient (Wildman–Crippen LogP) is 5.33. The van der Waals surface area contributed by atoms with Gasteiger partial charge in [0.05, 0.1) is 13.2 Å². The number of hydrogen-bond donors (Lipinski definition) is 0. The zero-order valence-electron chi connectivity index (χ0n) is 13.1. The van der Waals surface area contributed by atoms with Gasteiger partial charge in [-0.2, -0.15) is 0 Å². The van der Waals surface area contributed by atoms with Crippen molar-refractivity contribution in [2.24, 2.45) is 0 Å². The summed E-state index contributed by atoms with van der Waals surface area (Å²) in [5.74, 6) is 0.973. The maximum Gasteiger partial charge on any atom is 0.120 e. The molecule has 2 aromatic carbocycles. The molecule has 0 aliphatic carbocycles. The fourth-order valence-corrected chi connectivity index (χ4v) is 2.74. The Bertz CT molecular complexity index is 562. The van der Waals surface area contributed by atoms with Crippen LogP contribution in [0, 0.1) is 0 Å². The van der Waals surface area contributed by atoms with Crippen molar-refractivity contribution in [1.29, 1.82) is 0 Å². The minimum atomic E-state index is -0.0593. The van der Waals surface area contributed by atoms with Crippen LogP contribution in [0.15, 0.2) is 36.4 Å². The van der Waals surface area contributed by atoms with E-state index in [1.165, 1.54) is 5.39 Å². The standard InChI is InChI=1S/C19H25O2/c1-3-5-11-21-17-12-15-9-6-7-10-18(15)19(13-17)16(14-20)8-4-2/h6-7,9-10,12-13,16H,3-5,8,11,14H2,1-2H3. The van der Waals surface area contributed by atoms with Crippen LogP contribution in [0.3, 0.4) is 0 Å². The highest BCUT2D eigenvalue weighted by molar-refractivity contribution is 5.87. The van der Waals surface area contributed by atoms with Crippen molar-refractivity contribution in [2.45, 2.75) is 45.4 Å². The Hall–Kier alpha value is -1.54. The third-order valence-corrected chi connectivity index (χ3v) is 3.91. The van der Waals surface area contributed by atoms with Gasteiger partial charge in [-0.25, -0.2) is 5.11 Å². The molecule has 0 aromatic heterocycles. The van der Waals surface area contributed by atoms with Gasteiger partial charge in [0.1, 0.15) is 5.75 Å². The van der Waals surface area contributed by atoms with Gasteiger partial charge in [-0.3, -0.25) is 0 Å². The minimum Gasteiger partial charge on any atom is -0.494 e. The van der Waals surface area contributed by atoms with Crippen molar-refractivity contribution < 1.29 is 9.84 Å². The summed E-state index contributed by atoms with van der Waals surface area (Å²) in [6, 6.07) is 12.4. The molecule has 2 heteroatoms. The van der Waals surface area contributed by atoms with Gasteiger partial charge in [0.25, 0.3) is 0 Å². The molecular formula is C19H25O2. The van der Waals surface area contributed by atoms with Crippen LogP contribution in [-0.4, -0.2) is 13.2 Å². The SMILES string of the molecule is CCCCOc1cc(C(C[O])CCC)c2ccccc2c1. The average Bonchev–Trinajstić information content (AvgIpc) is 2.52. The summed E-state index contributed by atoms with van der Waals surface area (Å²) in [6.45, 7) is 4.97. The summed E-state index contributed by atoms with van der Waals surface area (Å²) in [7, 11) is 0. The van der Waals surface area contributed by atoms with E-state index in [1.807, 2.05) is 12.1 Å². The highest BCUT2D eigenvalue weighted by Crippen LogP contribution is 2.32. The Labute approximate surface area is 127 Å². The number of unbranched alkanes of at least 4 members (excludes halogenated alkanes) is 1. The van der Waals surface area contributed by atoms with E-state index in [0.717, 1.165) is 49.0 Å². The summed E-state index contributed by atoms with van der Waals surface area (Å²) in [5, 5.41) is 13.9. The topological polar surface area (TPSA) is 29.1 Å². The molecular weight excluding hydrogens is 260 g/mol. The lowest BCUT2D eigenvalue weighted by Gasteiger charge is -2.17. The van der Waals surface area contributed by atoms with Gasteiger partial charge in [0, 0.05) is 5.92 Å². The molecule has 0 bridgehead atoms. The van der Waals surface area contributed by atoms with Crippen LogP contribution in [0.5, 0.6) is 5.75 Å². The van der Waals surface area contributed by atoms with E-state index in [9.17, 15) is 5.11 Å². The van der Waals surface area contributed by atoms with Gasteiger partial charge in [-0.15, -0.1) is 0 Å². The monoisotopic (exact) mass is 285 g/mol. The molecule has 0 N–H and O–H groups in total. The van der Waals surface area contributed by atoms with Crippen molar-refractivity contribution in [3.63, 3.8) is 0 Å². The van der Waals surface area contributed by atoms with E-state index in [1.54, 1.807) is 0 Å². The Morgan fingerprint density at radius 3 is 2.62 bits per heavy atom. The highest BCUT2D eigenvalue weighted by atomic mass is 16.5. The molecule has 113 valence electrons. The third kappa shape index (κ3) is 3.98. The third-order valence-electron chi connectivity index (χ3n) is 3.91. The summed E-state index contributed by atoms with van der Waals surface area (Å²) in [5.41, 5.74) is 1.15. The summed E-state index contributed by atoms with van der Waals surface area (Å²) in [4.78, 5) is 0. The van der Waals surface area contributed by atoms with Crippen LogP contribution in [0.1, 0.15) is 51.0 Å². The minimum absolute atomic E-state index is 0.0593. The van der Waals surface area contributed by atoms with Crippen molar-refractivity contribution in [1.82, 2.24) is 0 Å². The molecule has 0 aliphatic rings. The summed E-state index contributed by atoms with van der Waals surface area (Å²) >= 11 is 0. The molecule has 2 aromatic rings. The maximum absolute atomic E-state index is 11.6. The van der Waals surface area contributed by atoms with Crippen LogP contribution in [0.4, 0.5) is 0 Å². The second kappa shape index (κ2) is 8.04. The normalized spacial score (nSPS) is 12.5. The van der Waals surface area contributed by atoms with E-state index in [2.05, 4.69) is 38.1 Å². The first-order valence-electron chi connectivity index (χ1n) is 8.03. The molecule has 0 amide bonds. The molecule has 0 fully saturated rings. The van der Waals surface area contributed by atoms with Gasteiger partial charge >= 0.3 is 0 Å². The molecule has 0 saturated carbocycles. The number of fused-ring (bicyclic) bond motifs is 1. The van der Waals surface area contributed by atoms with Crippen molar-refractivity contribution >= 4 is 10.8 Å². The van der Waals surface area contributed by atoms with E-state index in [4.69, 9.17) is 4.74 Å². The van der Waals surface area contributed by atoms with Gasteiger partial charge in [-0.05, 0) is 41.3 Å². The van der Waals surface area contributed by atoms with Crippen molar-refractivity contribution in [3.05, 3.63) is 42.0 Å². The van der Waals surface area contributed by atoms with Gasteiger partial charge in [0.15, 0.2) is 0 Å². The van der Waals surface area contributed by atoms with Gasteiger partial charge in [-0.1, -0.05) is 51.0 Å². The van der Waals surface area contributed by atoms with Gasteiger partial charge < -0.3 is 4.74 Å². The molecule has 1 radical (unpaired) electrons. The maximum atomic E-state index is 11.6. The zero-order chi connectivity index (χ0) is 15.1. The second-order valence-corrected chi connectivity index (χ2v) is 5.59. The summed E-state index contributed by atoms with van der Waals surface area (Å²) in [6.07, 6.45) is 4.15. The molecule has 2 rings (SSSR count). The molecule has 0 saturated heterocycles. The molecule has 2 nitrogen and oxygen atoms in total. The Balaban J connectivity index is 2.39. The lowest BCUT2D eigenvalue weighted by Crippen LogP contribution is -2.05. The largest absolute Gasteiger partial charge is 0.494 e. The molecule has 1 atom stereocenters. The molecule has 21 heavy (non-hydrogen) atoms. The number of rotatable bonds is 8. The predicted molar refractivity (Wildman–Crippen MR) is 87.6 cm³/mol.